The number of carbonyl (C=O) groups is 2. The van der Waals surface area contributed by atoms with Gasteiger partial charge < -0.3 is 10.6 Å². The minimum atomic E-state index is -0.316. The highest BCUT2D eigenvalue weighted by Gasteiger charge is 2.13. The second-order valence-electron chi connectivity index (χ2n) is 4.33. The Morgan fingerprint density at radius 1 is 1.45 bits per heavy atom. The van der Waals surface area contributed by atoms with Gasteiger partial charge in [-0.15, -0.1) is 11.3 Å². The highest BCUT2D eigenvalue weighted by molar-refractivity contribution is 7.10. The first-order valence-corrected chi connectivity index (χ1v) is 7.05. The van der Waals surface area contributed by atoms with Gasteiger partial charge in [0.05, 0.1) is 12.6 Å². The van der Waals surface area contributed by atoms with Crippen LogP contribution in [0, 0.1) is 0 Å². The second-order valence-corrected chi connectivity index (χ2v) is 5.31. The molecule has 0 aliphatic carbocycles. The summed E-state index contributed by atoms with van der Waals surface area (Å²) in [5.41, 5.74) is 0.420. The summed E-state index contributed by atoms with van der Waals surface area (Å²) in [6.45, 7) is 1.85. The molecule has 0 aromatic carbocycles. The summed E-state index contributed by atoms with van der Waals surface area (Å²) in [5.74, 6) is -0.537. The number of aromatic nitrogens is 2. The zero-order valence-corrected chi connectivity index (χ0v) is 12.1. The average molecular weight is 292 g/mol. The van der Waals surface area contributed by atoms with E-state index in [2.05, 4.69) is 15.7 Å². The van der Waals surface area contributed by atoms with Crippen LogP contribution >= 0.6 is 11.3 Å². The van der Waals surface area contributed by atoms with Crippen molar-refractivity contribution in [2.24, 2.45) is 7.05 Å². The van der Waals surface area contributed by atoms with Crippen LogP contribution in [0.3, 0.4) is 0 Å². The van der Waals surface area contributed by atoms with Gasteiger partial charge in [0.2, 0.25) is 5.91 Å². The fraction of sp³-hybridized carbons (Fsp3) is 0.308. The Kier molecular flexibility index (Phi) is 4.52. The number of amides is 2. The van der Waals surface area contributed by atoms with Gasteiger partial charge in [-0.1, -0.05) is 6.07 Å². The maximum Gasteiger partial charge on any atom is 0.269 e. The lowest BCUT2D eigenvalue weighted by molar-refractivity contribution is -0.120. The minimum absolute atomic E-state index is 0.0558. The predicted octanol–water partition coefficient (Wildman–Crippen LogP) is 1.09. The summed E-state index contributed by atoms with van der Waals surface area (Å²) >= 11 is 1.58. The molecule has 2 heterocycles. The molecule has 0 aliphatic heterocycles. The monoisotopic (exact) mass is 292 g/mol. The first-order valence-electron chi connectivity index (χ1n) is 6.17. The molecule has 106 valence electrons. The fourth-order valence-electron chi connectivity index (χ4n) is 1.75. The van der Waals surface area contributed by atoms with Gasteiger partial charge >= 0.3 is 0 Å². The summed E-state index contributed by atoms with van der Waals surface area (Å²) in [7, 11) is 1.67. The molecule has 0 saturated heterocycles. The molecular formula is C13H16N4O2S. The van der Waals surface area contributed by atoms with Crippen LogP contribution in [-0.2, 0) is 11.8 Å². The third-order valence-electron chi connectivity index (χ3n) is 2.81. The van der Waals surface area contributed by atoms with E-state index >= 15 is 0 Å². The summed E-state index contributed by atoms with van der Waals surface area (Å²) < 4.78 is 1.46. The van der Waals surface area contributed by atoms with Crippen molar-refractivity contribution in [3.05, 3.63) is 40.3 Å². The third-order valence-corrected chi connectivity index (χ3v) is 3.87. The molecule has 1 unspecified atom stereocenters. The van der Waals surface area contributed by atoms with E-state index in [1.54, 1.807) is 24.5 Å². The molecule has 1 atom stereocenters. The van der Waals surface area contributed by atoms with Gasteiger partial charge in [-0.05, 0) is 24.4 Å². The third kappa shape index (κ3) is 3.45. The summed E-state index contributed by atoms with van der Waals surface area (Å²) in [5, 5.41) is 11.3. The van der Waals surface area contributed by atoms with Crippen LogP contribution in [0.4, 0.5) is 0 Å². The van der Waals surface area contributed by atoms with Gasteiger partial charge in [0.15, 0.2) is 0 Å². The van der Waals surface area contributed by atoms with E-state index in [1.165, 1.54) is 10.9 Å². The van der Waals surface area contributed by atoms with Crippen LogP contribution in [-0.4, -0.2) is 28.1 Å². The molecule has 2 amide bonds. The zero-order valence-electron chi connectivity index (χ0n) is 11.3. The largest absolute Gasteiger partial charge is 0.347 e. The van der Waals surface area contributed by atoms with E-state index in [0.717, 1.165) is 4.88 Å². The summed E-state index contributed by atoms with van der Waals surface area (Å²) in [6.07, 6.45) is 1.54. The zero-order chi connectivity index (χ0) is 14.5. The predicted molar refractivity (Wildman–Crippen MR) is 76.4 cm³/mol. The van der Waals surface area contributed by atoms with Crippen LogP contribution < -0.4 is 10.6 Å². The van der Waals surface area contributed by atoms with E-state index in [0.29, 0.717) is 5.69 Å². The first kappa shape index (κ1) is 14.3. The van der Waals surface area contributed by atoms with Crippen molar-refractivity contribution in [3.63, 3.8) is 0 Å². The number of aryl methyl sites for hydroxylation is 1. The van der Waals surface area contributed by atoms with Gasteiger partial charge in [-0.3, -0.25) is 14.3 Å². The Morgan fingerprint density at radius 2 is 2.25 bits per heavy atom. The van der Waals surface area contributed by atoms with E-state index in [1.807, 2.05) is 24.4 Å². The first-order chi connectivity index (χ1) is 9.58. The molecule has 0 aliphatic rings. The Hall–Kier alpha value is -2.15. The number of nitrogens with one attached hydrogen (secondary N) is 2. The Labute approximate surface area is 120 Å². The molecule has 0 bridgehead atoms. The highest BCUT2D eigenvalue weighted by Crippen LogP contribution is 2.17. The van der Waals surface area contributed by atoms with E-state index in [9.17, 15) is 9.59 Å². The van der Waals surface area contributed by atoms with Crippen molar-refractivity contribution in [2.75, 3.05) is 6.54 Å². The summed E-state index contributed by atoms with van der Waals surface area (Å²) in [4.78, 5) is 24.6. The van der Waals surface area contributed by atoms with Gasteiger partial charge in [-0.2, -0.15) is 5.10 Å². The lowest BCUT2D eigenvalue weighted by Gasteiger charge is -2.12. The van der Waals surface area contributed by atoms with E-state index < -0.39 is 0 Å². The lowest BCUT2D eigenvalue weighted by Crippen LogP contribution is -2.38. The molecule has 0 spiro atoms. The molecule has 0 saturated carbocycles. The van der Waals surface area contributed by atoms with Crippen LogP contribution in [0.15, 0.2) is 29.8 Å². The molecular weight excluding hydrogens is 276 g/mol. The quantitative estimate of drug-likeness (QED) is 0.866. The topological polar surface area (TPSA) is 76.0 Å². The molecule has 20 heavy (non-hydrogen) atoms. The highest BCUT2D eigenvalue weighted by atomic mass is 32.1. The standard InChI is InChI=1S/C13H16N4O2S/c1-9(11-4-3-7-20-11)16-12(18)8-14-13(19)10-5-6-15-17(10)2/h3-7,9H,8H2,1-2H3,(H,14,19)(H,16,18). The smallest absolute Gasteiger partial charge is 0.269 e. The van der Waals surface area contributed by atoms with Crippen LogP contribution in [0.5, 0.6) is 0 Å². The van der Waals surface area contributed by atoms with Crippen molar-refractivity contribution in [2.45, 2.75) is 13.0 Å². The summed E-state index contributed by atoms with van der Waals surface area (Å²) in [6, 6.07) is 5.44. The maximum atomic E-state index is 11.8. The van der Waals surface area contributed by atoms with Crippen molar-refractivity contribution in [1.29, 1.82) is 0 Å². The number of hydrogen-bond acceptors (Lipinski definition) is 4. The Bertz CT molecular complexity index is 591. The van der Waals surface area contributed by atoms with Crippen molar-refractivity contribution in [3.8, 4) is 0 Å². The number of thiophene rings is 1. The molecule has 2 aromatic rings. The van der Waals surface area contributed by atoms with Crippen molar-refractivity contribution in [1.82, 2.24) is 20.4 Å². The van der Waals surface area contributed by atoms with Crippen molar-refractivity contribution >= 4 is 23.2 Å². The van der Waals surface area contributed by atoms with Crippen LogP contribution in [0.2, 0.25) is 0 Å². The van der Waals surface area contributed by atoms with Crippen molar-refractivity contribution < 1.29 is 9.59 Å². The van der Waals surface area contributed by atoms with Gasteiger partial charge in [0.1, 0.15) is 5.69 Å². The van der Waals surface area contributed by atoms with Crippen LogP contribution in [0.1, 0.15) is 28.3 Å². The van der Waals surface area contributed by atoms with E-state index in [-0.39, 0.29) is 24.4 Å². The molecule has 6 nitrogen and oxygen atoms in total. The average Bonchev–Trinajstić information content (AvgIpc) is 3.06. The molecule has 2 aromatic heterocycles. The minimum Gasteiger partial charge on any atom is -0.347 e. The van der Waals surface area contributed by atoms with Gasteiger partial charge in [0, 0.05) is 18.1 Å². The van der Waals surface area contributed by atoms with Gasteiger partial charge in [-0.25, -0.2) is 0 Å². The number of hydrogen-bond donors (Lipinski definition) is 2. The number of carbonyl (C=O) groups excluding carboxylic acids is 2. The van der Waals surface area contributed by atoms with Crippen LogP contribution in [0.25, 0.3) is 0 Å². The number of rotatable bonds is 5. The molecule has 7 heteroatoms. The molecule has 2 rings (SSSR count). The lowest BCUT2D eigenvalue weighted by atomic mass is 10.3. The second kappa shape index (κ2) is 6.33. The molecule has 0 radical (unpaired) electrons. The normalized spacial score (nSPS) is 11.9. The van der Waals surface area contributed by atoms with Gasteiger partial charge in [0.25, 0.3) is 5.91 Å². The number of nitrogens with zero attached hydrogens (tertiary/aromatic N) is 2. The van der Waals surface area contributed by atoms with E-state index in [4.69, 9.17) is 0 Å². The fourth-order valence-corrected chi connectivity index (χ4v) is 2.48. The SMILES string of the molecule is CC(NC(=O)CNC(=O)c1ccnn1C)c1cccs1. The Morgan fingerprint density at radius 3 is 2.85 bits per heavy atom. The molecule has 2 N–H and O–H groups in total. The molecule has 0 fully saturated rings. The Balaban J connectivity index is 1.81. The maximum absolute atomic E-state index is 11.8.